The largest absolute Gasteiger partial charge is 0.325 e. The van der Waals surface area contributed by atoms with Crippen LogP contribution in [-0.4, -0.2) is 17.5 Å². The van der Waals surface area contributed by atoms with Crippen LogP contribution in [0.3, 0.4) is 0 Å². The molecule has 0 spiro atoms. The Bertz CT molecular complexity index is 468. The average molecular weight is 303 g/mol. The van der Waals surface area contributed by atoms with Crippen molar-refractivity contribution in [2.75, 3.05) is 6.61 Å². The van der Waals surface area contributed by atoms with Crippen LogP contribution < -0.4 is 11.0 Å². The van der Waals surface area contributed by atoms with E-state index in [1.54, 1.807) is 6.92 Å². The van der Waals surface area contributed by atoms with E-state index in [2.05, 4.69) is 26.4 Å². The maximum Gasteiger partial charge on any atom is 0.280 e. The third-order valence-electron chi connectivity index (χ3n) is 2.00. The number of aromatic nitrogens is 1. The molecule has 0 aliphatic carbocycles. The molecule has 1 rings (SSSR count). The number of nitrogens with one attached hydrogen (secondary N) is 2. The summed E-state index contributed by atoms with van der Waals surface area (Å²) in [6.07, 6.45) is 0. The summed E-state index contributed by atoms with van der Waals surface area (Å²) in [4.78, 5) is 30.7. The van der Waals surface area contributed by atoms with E-state index in [9.17, 15) is 9.59 Å². The second-order valence-electron chi connectivity index (χ2n) is 4.12. The quantitative estimate of drug-likeness (QED) is 0.833. The molecule has 0 bridgehead atoms. The molecule has 1 amide bonds. The monoisotopic (exact) mass is 302 g/mol. The third kappa shape index (κ3) is 3.98. The van der Waals surface area contributed by atoms with Crippen molar-refractivity contribution in [1.29, 1.82) is 0 Å². The molecular formula is C11H15BrN2O3. The fourth-order valence-electron chi connectivity index (χ4n) is 1.10. The molecule has 0 fully saturated rings. The summed E-state index contributed by atoms with van der Waals surface area (Å²) in [6.45, 7) is 6.06. The van der Waals surface area contributed by atoms with E-state index >= 15 is 0 Å². The first-order valence-corrected chi connectivity index (χ1v) is 6.02. The number of carbonyl (C=O) groups is 1. The van der Waals surface area contributed by atoms with E-state index in [1.165, 1.54) is 6.07 Å². The minimum absolute atomic E-state index is 0.0197. The van der Waals surface area contributed by atoms with Crippen molar-refractivity contribution in [3.05, 3.63) is 32.2 Å². The van der Waals surface area contributed by atoms with Crippen LogP contribution in [0, 0.1) is 12.8 Å². The second-order valence-corrected chi connectivity index (χ2v) is 4.98. The van der Waals surface area contributed by atoms with Crippen LogP contribution in [0.4, 0.5) is 0 Å². The molecule has 0 saturated carbocycles. The number of H-pyrrole nitrogens is 1. The summed E-state index contributed by atoms with van der Waals surface area (Å²) in [5.74, 6) is -0.245. The zero-order chi connectivity index (χ0) is 13.0. The van der Waals surface area contributed by atoms with Crippen molar-refractivity contribution in [3.8, 4) is 0 Å². The molecule has 5 nitrogen and oxygen atoms in total. The van der Waals surface area contributed by atoms with Crippen LogP contribution in [0.5, 0.6) is 0 Å². The Balaban J connectivity index is 2.76. The van der Waals surface area contributed by atoms with E-state index in [1.807, 2.05) is 13.8 Å². The molecule has 94 valence electrons. The lowest BCUT2D eigenvalue weighted by atomic mass is 10.2. The topological polar surface area (TPSA) is 71.2 Å². The van der Waals surface area contributed by atoms with Gasteiger partial charge in [-0.15, -0.1) is 0 Å². The Morgan fingerprint density at radius 2 is 2.24 bits per heavy atom. The van der Waals surface area contributed by atoms with Crippen molar-refractivity contribution in [2.45, 2.75) is 20.8 Å². The predicted molar refractivity (Wildman–Crippen MR) is 67.8 cm³/mol. The summed E-state index contributed by atoms with van der Waals surface area (Å²) in [7, 11) is 0. The van der Waals surface area contributed by atoms with Crippen LogP contribution >= 0.6 is 15.9 Å². The van der Waals surface area contributed by atoms with E-state index in [0.717, 1.165) is 0 Å². The number of carbonyl (C=O) groups excluding carboxylic acids is 1. The standard InChI is InChI=1S/C11H15BrN2O3/c1-6(2)5-17-14-11(16)8-4-9(12)7(3)13-10(8)15/h4,6H,5H2,1-3H3,(H,13,15)(H,14,16). The van der Waals surface area contributed by atoms with Crippen LogP contribution in [0.25, 0.3) is 0 Å². The van der Waals surface area contributed by atoms with Gasteiger partial charge in [0.1, 0.15) is 5.56 Å². The zero-order valence-corrected chi connectivity index (χ0v) is 11.6. The number of hydrogen-bond acceptors (Lipinski definition) is 3. The fraction of sp³-hybridized carbons (Fsp3) is 0.455. The van der Waals surface area contributed by atoms with Gasteiger partial charge in [0.2, 0.25) is 0 Å². The van der Waals surface area contributed by atoms with E-state index in [4.69, 9.17) is 4.84 Å². The summed E-state index contributed by atoms with van der Waals surface area (Å²) in [6, 6.07) is 1.47. The number of halogens is 1. The smallest absolute Gasteiger partial charge is 0.280 e. The molecule has 0 aliphatic heterocycles. The Morgan fingerprint density at radius 3 is 2.82 bits per heavy atom. The zero-order valence-electron chi connectivity index (χ0n) is 9.96. The summed E-state index contributed by atoms with van der Waals surface area (Å²) >= 11 is 3.25. The molecule has 2 N–H and O–H groups in total. The molecule has 0 aromatic carbocycles. The van der Waals surface area contributed by atoms with Gasteiger partial charge >= 0.3 is 0 Å². The first kappa shape index (κ1) is 13.9. The number of hydrogen-bond donors (Lipinski definition) is 2. The van der Waals surface area contributed by atoms with Crippen molar-refractivity contribution < 1.29 is 9.63 Å². The second kappa shape index (κ2) is 5.97. The molecular weight excluding hydrogens is 288 g/mol. The predicted octanol–water partition coefficient (Wildman–Crippen LogP) is 1.76. The number of amides is 1. The minimum Gasteiger partial charge on any atom is -0.325 e. The Labute approximate surface area is 108 Å². The highest BCUT2D eigenvalue weighted by molar-refractivity contribution is 9.10. The number of rotatable bonds is 4. The Morgan fingerprint density at radius 1 is 1.59 bits per heavy atom. The lowest BCUT2D eigenvalue weighted by Gasteiger charge is -2.08. The van der Waals surface area contributed by atoms with Crippen molar-refractivity contribution >= 4 is 21.8 Å². The van der Waals surface area contributed by atoms with Crippen molar-refractivity contribution in [1.82, 2.24) is 10.5 Å². The third-order valence-corrected chi connectivity index (χ3v) is 2.82. The number of hydroxylamine groups is 1. The molecule has 0 radical (unpaired) electrons. The molecule has 6 heteroatoms. The molecule has 1 heterocycles. The van der Waals surface area contributed by atoms with E-state index in [0.29, 0.717) is 22.7 Å². The van der Waals surface area contributed by atoms with Gasteiger partial charge in [0.25, 0.3) is 11.5 Å². The normalized spacial score (nSPS) is 10.6. The van der Waals surface area contributed by atoms with Gasteiger partial charge in [-0.1, -0.05) is 13.8 Å². The van der Waals surface area contributed by atoms with Crippen LogP contribution in [0.15, 0.2) is 15.3 Å². The molecule has 0 unspecified atom stereocenters. The fourth-order valence-corrected chi connectivity index (χ4v) is 1.42. The molecule has 1 aromatic heterocycles. The average Bonchev–Trinajstić information content (AvgIpc) is 2.22. The van der Waals surface area contributed by atoms with Crippen molar-refractivity contribution in [3.63, 3.8) is 0 Å². The molecule has 17 heavy (non-hydrogen) atoms. The number of pyridine rings is 1. The van der Waals surface area contributed by atoms with Crippen LogP contribution in [-0.2, 0) is 4.84 Å². The van der Waals surface area contributed by atoms with Crippen LogP contribution in [0.1, 0.15) is 29.9 Å². The SMILES string of the molecule is Cc1[nH]c(=O)c(C(=O)NOCC(C)C)cc1Br. The molecule has 0 saturated heterocycles. The first-order chi connectivity index (χ1) is 7.91. The highest BCUT2D eigenvalue weighted by Gasteiger charge is 2.12. The van der Waals surface area contributed by atoms with Gasteiger partial charge in [-0.05, 0) is 34.8 Å². The number of aryl methyl sites for hydroxylation is 1. The molecule has 1 aromatic rings. The van der Waals surface area contributed by atoms with Crippen LogP contribution in [0.2, 0.25) is 0 Å². The van der Waals surface area contributed by atoms with Gasteiger partial charge in [0.05, 0.1) is 6.61 Å². The van der Waals surface area contributed by atoms with Gasteiger partial charge in [-0.3, -0.25) is 14.4 Å². The highest BCUT2D eigenvalue weighted by Crippen LogP contribution is 2.12. The summed E-state index contributed by atoms with van der Waals surface area (Å²) in [5.41, 5.74) is 2.50. The minimum atomic E-state index is -0.549. The Hall–Kier alpha value is -1.14. The van der Waals surface area contributed by atoms with Gasteiger partial charge in [-0.25, -0.2) is 5.48 Å². The van der Waals surface area contributed by atoms with E-state index < -0.39 is 11.5 Å². The molecule has 0 aliphatic rings. The highest BCUT2D eigenvalue weighted by atomic mass is 79.9. The maximum atomic E-state index is 11.6. The lowest BCUT2D eigenvalue weighted by molar-refractivity contribution is 0.0207. The lowest BCUT2D eigenvalue weighted by Crippen LogP contribution is -2.31. The first-order valence-electron chi connectivity index (χ1n) is 5.23. The Kier molecular flexibility index (Phi) is 4.89. The molecule has 0 atom stereocenters. The number of aromatic amines is 1. The van der Waals surface area contributed by atoms with Gasteiger partial charge < -0.3 is 4.98 Å². The summed E-state index contributed by atoms with van der Waals surface area (Å²) < 4.78 is 0.672. The maximum absolute atomic E-state index is 11.6. The van der Waals surface area contributed by atoms with E-state index in [-0.39, 0.29) is 5.56 Å². The van der Waals surface area contributed by atoms with Gasteiger partial charge in [-0.2, -0.15) is 0 Å². The summed E-state index contributed by atoms with van der Waals surface area (Å²) in [5, 5.41) is 0. The van der Waals surface area contributed by atoms with Gasteiger partial charge in [0, 0.05) is 10.2 Å². The van der Waals surface area contributed by atoms with Crippen molar-refractivity contribution in [2.24, 2.45) is 5.92 Å². The van der Waals surface area contributed by atoms with Gasteiger partial charge in [0.15, 0.2) is 0 Å².